The number of hydrogen-bond acceptors (Lipinski definition) is 5. The molecular formula is C17H24Cl2N2O5S. The van der Waals surface area contributed by atoms with Crippen LogP contribution in [0, 0.1) is 5.92 Å². The molecule has 1 aliphatic heterocycles. The molecule has 2 atom stereocenters. The molecule has 27 heavy (non-hydrogen) atoms. The highest BCUT2D eigenvalue weighted by molar-refractivity contribution is 7.89. The van der Waals surface area contributed by atoms with Crippen molar-refractivity contribution in [3.05, 3.63) is 28.2 Å². The van der Waals surface area contributed by atoms with Crippen LogP contribution in [0.25, 0.3) is 0 Å². The normalized spacial score (nSPS) is 19.0. The predicted molar refractivity (Wildman–Crippen MR) is 105 cm³/mol. The van der Waals surface area contributed by atoms with Crippen LogP contribution in [0.3, 0.4) is 0 Å². The summed E-state index contributed by atoms with van der Waals surface area (Å²) >= 11 is 11.9. The molecule has 1 heterocycles. The molecule has 1 saturated heterocycles. The average molecular weight is 439 g/mol. The molecule has 1 aliphatic rings. The largest absolute Gasteiger partial charge is 0.489 e. The lowest BCUT2D eigenvalue weighted by molar-refractivity contribution is -0.126. The van der Waals surface area contributed by atoms with Crippen LogP contribution in [0.2, 0.25) is 10.0 Å². The number of rotatable bonds is 8. The summed E-state index contributed by atoms with van der Waals surface area (Å²) in [7, 11) is -3.41. The van der Waals surface area contributed by atoms with E-state index < -0.39 is 28.1 Å². The minimum Gasteiger partial charge on any atom is -0.489 e. The Morgan fingerprint density at radius 3 is 2.67 bits per heavy atom. The van der Waals surface area contributed by atoms with Gasteiger partial charge >= 0.3 is 0 Å². The number of ether oxygens (including phenoxy) is 1. The zero-order chi connectivity index (χ0) is 20.2. The van der Waals surface area contributed by atoms with Gasteiger partial charge in [-0.2, -0.15) is 4.31 Å². The maximum absolute atomic E-state index is 12.5. The summed E-state index contributed by atoms with van der Waals surface area (Å²) in [5.41, 5.74) is 0. The number of nitrogens with zero attached hydrogens (tertiary/aromatic N) is 1. The van der Waals surface area contributed by atoms with Crippen LogP contribution in [0.1, 0.15) is 20.3 Å². The van der Waals surface area contributed by atoms with E-state index in [1.165, 1.54) is 4.31 Å². The molecule has 0 saturated carbocycles. The van der Waals surface area contributed by atoms with E-state index in [9.17, 15) is 18.3 Å². The Morgan fingerprint density at radius 2 is 2.07 bits per heavy atom. The van der Waals surface area contributed by atoms with Gasteiger partial charge in [-0.3, -0.25) is 4.79 Å². The number of sulfonamides is 1. The number of carbonyl (C=O) groups excluding carboxylic acids is 1. The van der Waals surface area contributed by atoms with E-state index in [4.69, 9.17) is 27.9 Å². The Labute approximate surface area is 169 Å². The second kappa shape index (κ2) is 9.43. The average Bonchev–Trinajstić information content (AvgIpc) is 2.93. The molecule has 2 N–H and O–H groups in total. The van der Waals surface area contributed by atoms with Crippen molar-refractivity contribution in [3.8, 4) is 5.75 Å². The van der Waals surface area contributed by atoms with Crippen molar-refractivity contribution in [1.82, 2.24) is 9.62 Å². The quantitative estimate of drug-likeness (QED) is 0.645. The van der Waals surface area contributed by atoms with E-state index in [2.05, 4.69) is 5.32 Å². The summed E-state index contributed by atoms with van der Waals surface area (Å²) in [5.74, 6) is -0.245. The summed E-state index contributed by atoms with van der Waals surface area (Å²) in [4.78, 5) is 12.5. The fourth-order valence-electron chi connectivity index (χ4n) is 2.90. The summed E-state index contributed by atoms with van der Waals surface area (Å²) in [5, 5.41) is 13.2. The first-order chi connectivity index (χ1) is 12.6. The molecule has 0 unspecified atom stereocenters. The van der Waals surface area contributed by atoms with E-state index >= 15 is 0 Å². The maximum atomic E-state index is 12.5. The van der Waals surface area contributed by atoms with Gasteiger partial charge in [0.05, 0.1) is 10.8 Å². The molecule has 1 aromatic carbocycles. The van der Waals surface area contributed by atoms with Crippen LogP contribution in [0.15, 0.2) is 18.2 Å². The van der Waals surface area contributed by atoms with Crippen molar-refractivity contribution < 1.29 is 23.1 Å². The standard InChI is InChI=1S/C17H24Cl2N2O5S/c1-11(2)16(21-7-4-8-27(21,24)25)17(23)20-9-12(22)10-26-14-6-3-5-13(18)15(14)19/h3,5-6,11-12,16,22H,4,7-10H2,1-2H3,(H,20,23)/t12-,16+/m1/s1. The van der Waals surface area contributed by atoms with Crippen molar-refractivity contribution >= 4 is 39.1 Å². The molecule has 0 aromatic heterocycles. The minimum absolute atomic E-state index is 0.0559. The van der Waals surface area contributed by atoms with Gasteiger partial charge in [-0.1, -0.05) is 43.1 Å². The number of aliphatic hydroxyl groups excluding tert-OH is 1. The Balaban J connectivity index is 1.90. The second-order valence-electron chi connectivity index (χ2n) is 6.73. The first-order valence-corrected chi connectivity index (χ1v) is 11.0. The van der Waals surface area contributed by atoms with Gasteiger partial charge in [0.25, 0.3) is 0 Å². The third-order valence-corrected chi connectivity index (χ3v) is 6.94. The van der Waals surface area contributed by atoms with Gasteiger partial charge in [0.2, 0.25) is 15.9 Å². The zero-order valence-electron chi connectivity index (χ0n) is 15.2. The third-order valence-electron chi connectivity index (χ3n) is 4.21. The lowest BCUT2D eigenvalue weighted by Crippen LogP contribution is -2.52. The topological polar surface area (TPSA) is 95.9 Å². The van der Waals surface area contributed by atoms with E-state index in [0.717, 1.165) is 0 Å². The minimum atomic E-state index is -3.41. The Morgan fingerprint density at radius 1 is 1.37 bits per heavy atom. The van der Waals surface area contributed by atoms with Gasteiger partial charge in [-0.15, -0.1) is 0 Å². The molecule has 0 bridgehead atoms. The summed E-state index contributed by atoms with van der Waals surface area (Å²) in [6, 6.07) is 4.10. The number of amides is 1. The van der Waals surface area contributed by atoms with Gasteiger partial charge in [0, 0.05) is 13.1 Å². The first kappa shape index (κ1) is 22.2. The molecule has 7 nitrogen and oxygen atoms in total. The van der Waals surface area contributed by atoms with Gasteiger partial charge < -0.3 is 15.2 Å². The number of aliphatic hydroxyl groups is 1. The predicted octanol–water partition coefficient (Wildman–Crippen LogP) is 1.91. The van der Waals surface area contributed by atoms with Crippen LogP contribution in [-0.2, 0) is 14.8 Å². The number of hydrogen-bond donors (Lipinski definition) is 2. The molecule has 1 amide bonds. The van der Waals surface area contributed by atoms with Gasteiger partial charge in [-0.05, 0) is 24.5 Å². The van der Waals surface area contributed by atoms with Gasteiger partial charge in [0.15, 0.2) is 0 Å². The fourth-order valence-corrected chi connectivity index (χ4v) is 5.07. The summed E-state index contributed by atoms with van der Waals surface area (Å²) in [6.07, 6.45) is -0.484. The number of halogens is 2. The Hall–Kier alpha value is -1.06. The number of benzene rings is 1. The SMILES string of the molecule is CC(C)[C@@H](C(=O)NC[C@@H](O)COc1cccc(Cl)c1Cl)N1CCCS1(=O)=O. The smallest absolute Gasteiger partial charge is 0.238 e. The van der Waals surface area contributed by atoms with E-state index in [-0.39, 0.29) is 29.8 Å². The van der Waals surface area contributed by atoms with Crippen molar-refractivity contribution in [2.45, 2.75) is 32.4 Å². The van der Waals surface area contributed by atoms with Crippen LogP contribution in [-0.4, -0.2) is 61.3 Å². The highest BCUT2D eigenvalue weighted by atomic mass is 35.5. The first-order valence-electron chi connectivity index (χ1n) is 8.65. The molecule has 10 heteroatoms. The number of carbonyl (C=O) groups is 1. The van der Waals surface area contributed by atoms with E-state index in [1.807, 2.05) is 0 Å². The molecule has 152 valence electrons. The van der Waals surface area contributed by atoms with Crippen LogP contribution in [0.5, 0.6) is 5.75 Å². The van der Waals surface area contributed by atoms with Crippen molar-refractivity contribution in [2.24, 2.45) is 5.92 Å². The van der Waals surface area contributed by atoms with E-state index in [0.29, 0.717) is 23.7 Å². The van der Waals surface area contributed by atoms with E-state index in [1.54, 1.807) is 32.0 Å². The lowest BCUT2D eigenvalue weighted by atomic mass is 10.0. The molecule has 1 fully saturated rings. The lowest BCUT2D eigenvalue weighted by Gasteiger charge is -2.28. The summed E-state index contributed by atoms with van der Waals surface area (Å²) in [6.45, 7) is 3.73. The van der Waals surface area contributed by atoms with Crippen molar-refractivity contribution in [2.75, 3.05) is 25.4 Å². The zero-order valence-corrected chi connectivity index (χ0v) is 17.5. The Bertz CT molecular complexity index is 773. The number of nitrogens with one attached hydrogen (secondary N) is 1. The fraction of sp³-hybridized carbons (Fsp3) is 0.588. The highest BCUT2D eigenvalue weighted by Crippen LogP contribution is 2.31. The van der Waals surface area contributed by atoms with Crippen LogP contribution in [0.4, 0.5) is 0 Å². The van der Waals surface area contributed by atoms with Crippen molar-refractivity contribution in [3.63, 3.8) is 0 Å². The third kappa shape index (κ3) is 5.71. The summed E-state index contributed by atoms with van der Waals surface area (Å²) < 4.78 is 30.9. The van der Waals surface area contributed by atoms with Gasteiger partial charge in [-0.25, -0.2) is 8.42 Å². The molecule has 1 aromatic rings. The molecule has 0 spiro atoms. The van der Waals surface area contributed by atoms with Crippen LogP contribution < -0.4 is 10.1 Å². The molecule has 0 aliphatic carbocycles. The Kier molecular flexibility index (Phi) is 7.76. The molecular weight excluding hydrogens is 415 g/mol. The van der Waals surface area contributed by atoms with Crippen molar-refractivity contribution in [1.29, 1.82) is 0 Å². The maximum Gasteiger partial charge on any atom is 0.238 e. The highest BCUT2D eigenvalue weighted by Gasteiger charge is 2.39. The molecule has 0 radical (unpaired) electrons. The van der Waals surface area contributed by atoms with Gasteiger partial charge in [0.1, 0.15) is 29.5 Å². The van der Waals surface area contributed by atoms with Crippen LogP contribution >= 0.6 is 23.2 Å². The molecule has 2 rings (SSSR count). The second-order valence-corrected chi connectivity index (χ2v) is 9.56. The monoisotopic (exact) mass is 438 g/mol.